The van der Waals surface area contributed by atoms with Crippen LogP contribution in [0.25, 0.3) is 0 Å². The molecular formula is C12H11N3S2. The topological polar surface area (TPSA) is 49.6 Å². The zero-order valence-corrected chi connectivity index (χ0v) is 11.2. The number of benzene rings is 1. The Kier molecular flexibility index (Phi) is 3.77. The molecule has 0 aliphatic rings. The largest absolute Gasteiger partial charge is 0.213 e. The predicted octanol–water partition coefficient (Wildman–Crippen LogP) is 3.43. The Bertz CT molecular complexity index is 569. The van der Waals surface area contributed by atoms with Crippen molar-refractivity contribution in [3.05, 3.63) is 35.2 Å². The lowest BCUT2D eigenvalue weighted by atomic mass is 10.1. The van der Waals surface area contributed by atoms with Crippen molar-refractivity contribution in [3.8, 4) is 6.07 Å². The maximum absolute atomic E-state index is 8.86. The van der Waals surface area contributed by atoms with Gasteiger partial charge in [0, 0.05) is 11.3 Å². The van der Waals surface area contributed by atoms with E-state index in [4.69, 9.17) is 5.26 Å². The van der Waals surface area contributed by atoms with Gasteiger partial charge in [-0.1, -0.05) is 18.7 Å². The molecule has 5 heteroatoms. The summed E-state index contributed by atoms with van der Waals surface area (Å²) in [5.41, 5.74) is 1.72. The van der Waals surface area contributed by atoms with Crippen LogP contribution < -0.4 is 0 Å². The molecule has 1 aromatic heterocycles. The first-order valence-electron chi connectivity index (χ1n) is 5.24. The maximum Gasteiger partial charge on any atom is 0.174 e. The Hall–Kier alpha value is -1.38. The molecule has 0 bridgehead atoms. The number of hydrogen-bond acceptors (Lipinski definition) is 5. The van der Waals surface area contributed by atoms with Gasteiger partial charge in [0.05, 0.1) is 11.6 Å². The minimum absolute atomic E-state index is 0.723. The van der Waals surface area contributed by atoms with Gasteiger partial charge in [-0.15, -0.1) is 0 Å². The summed E-state index contributed by atoms with van der Waals surface area (Å²) < 4.78 is 5.19. The van der Waals surface area contributed by atoms with E-state index in [1.165, 1.54) is 11.5 Å². The first-order valence-corrected chi connectivity index (χ1v) is 6.83. The molecule has 0 radical (unpaired) electrons. The summed E-state index contributed by atoms with van der Waals surface area (Å²) in [6, 6.07) is 7.97. The van der Waals surface area contributed by atoms with Crippen LogP contribution in [0.2, 0.25) is 0 Å². The summed E-state index contributed by atoms with van der Waals surface area (Å²) in [6.45, 7) is 3.99. The number of nitriles is 1. The highest BCUT2D eigenvalue weighted by molar-refractivity contribution is 8.01. The fraction of sp³-hybridized carbons (Fsp3) is 0.250. The molecule has 0 saturated carbocycles. The van der Waals surface area contributed by atoms with Crippen molar-refractivity contribution in [1.29, 1.82) is 5.26 Å². The average molecular weight is 261 g/mol. The molecule has 86 valence electrons. The quantitative estimate of drug-likeness (QED) is 0.849. The number of nitrogens with zero attached hydrogens (tertiary/aromatic N) is 3. The zero-order valence-electron chi connectivity index (χ0n) is 9.60. The molecule has 0 spiro atoms. The fourth-order valence-corrected chi connectivity index (χ4v) is 3.12. The fourth-order valence-electron chi connectivity index (χ4n) is 1.35. The van der Waals surface area contributed by atoms with Crippen molar-refractivity contribution in [2.45, 2.75) is 29.5 Å². The SMILES string of the molecule is CCc1nsc(Sc2ccc(C#N)c(C)c2)n1. The lowest BCUT2D eigenvalue weighted by Gasteiger charge is -2.00. The van der Waals surface area contributed by atoms with Crippen LogP contribution in [0.5, 0.6) is 0 Å². The van der Waals surface area contributed by atoms with Crippen molar-refractivity contribution in [1.82, 2.24) is 9.36 Å². The molecule has 0 atom stereocenters. The third-order valence-electron chi connectivity index (χ3n) is 2.29. The molecule has 0 amide bonds. The third kappa shape index (κ3) is 2.84. The summed E-state index contributed by atoms with van der Waals surface area (Å²) in [5, 5.41) is 8.86. The molecule has 0 unspecified atom stereocenters. The van der Waals surface area contributed by atoms with Crippen molar-refractivity contribution in [2.75, 3.05) is 0 Å². The van der Waals surface area contributed by atoms with Crippen molar-refractivity contribution < 1.29 is 0 Å². The smallest absolute Gasteiger partial charge is 0.174 e. The first-order chi connectivity index (χ1) is 8.22. The first kappa shape index (κ1) is 12.1. The van der Waals surface area contributed by atoms with Crippen LogP contribution in [0.15, 0.2) is 27.4 Å². The molecule has 0 fully saturated rings. The van der Waals surface area contributed by atoms with Crippen LogP contribution in [-0.2, 0) is 6.42 Å². The summed E-state index contributed by atoms with van der Waals surface area (Å²) >= 11 is 3.01. The summed E-state index contributed by atoms with van der Waals surface area (Å²) in [7, 11) is 0. The molecule has 0 saturated heterocycles. The summed E-state index contributed by atoms with van der Waals surface area (Å²) in [4.78, 5) is 5.50. The lowest BCUT2D eigenvalue weighted by molar-refractivity contribution is 0.971. The van der Waals surface area contributed by atoms with E-state index in [1.807, 2.05) is 32.0 Å². The van der Waals surface area contributed by atoms with Gasteiger partial charge in [0.15, 0.2) is 4.34 Å². The molecule has 2 rings (SSSR count). The molecule has 17 heavy (non-hydrogen) atoms. The summed E-state index contributed by atoms with van der Waals surface area (Å²) in [5.74, 6) is 0.892. The highest BCUT2D eigenvalue weighted by atomic mass is 32.2. The Morgan fingerprint density at radius 3 is 2.88 bits per heavy atom. The number of hydrogen-bond donors (Lipinski definition) is 0. The van der Waals surface area contributed by atoms with Crippen molar-refractivity contribution in [3.63, 3.8) is 0 Å². The van der Waals surface area contributed by atoms with Crippen LogP contribution in [0, 0.1) is 18.3 Å². The van der Waals surface area contributed by atoms with Crippen LogP contribution in [0.3, 0.4) is 0 Å². The van der Waals surface area contributed by atoms with Crippen molar-refractivity contribution in [2.24, 2.45) is 0 Å². The minimum Gasteiger partial charge on any atom is -0.213 e. The van der Waals surface area contributed by atoms with Crippen LogP contribution in [0.1, 0.15) is 23.9 Å². The highest BCUT2D eigenvalue weighted by Gasteiger charge is 2.06. The molecule has 0 aliphatic carbocycles. The van der Waals surface area contributed by atoms with Gasteiger partial charge >= 0.3 is 0 Å². The van der Waals surface area contributed by atoms with Gasteiger partial charge in [-0.2, -0.15) is 9.64 Å². The molecule has 1 heterocycles. The zero-order chi connectivity index (χ0) is 12.3. The molecule has 2 aromatic rings. The van der Waals surface area contributed by atoms with E-state index in [-0.39, 0.29) is 0 Å². The van der Waals surface area contributed by atoms with E-state index in [0.717, 1.165) is 32.6 Å². The standard InChI is InChI=1S/C12H11N3S2/c1-3-11-14-12(17-15-11)16-10-5-4-9(7-13)8(2)6-10/h4-6H,3H2,1-2H3. The van der Waals surface area contributed by atoms with Gasteiger partial charge in [-0.25, -0.2) is 4.98 Å². The molecule has 1 aromatic carbocycles. The number of aromatic nitrogens is 2. The van der Waals surface area contributed by atoms with Gasteiger partial charge in [0.25, 0.3) is 0 Å². The number of aryl methyl sites for hydroxylation is 2. The Morgan fingerprint density at radius 1 is 1.47 bits per heavy atom. The second-order valence-corrected chi connectivity index (χ2v) is 5.59. The maximum atomic E-state index is 8.86. The van der Waals surface area contributed by atoms with Crippen molar-refractivity contribution >= 4 is 23.3 Å². The van der Waals surface area contributed by atoms with E-state index < -0.39 is 0 Å². The Balaban J connectivity index is 2.19. The lowest BCUT2D eigenvalue weighted by Crippen LogP contribution is -1.83. The molecule has 3 nitrogen and oxygen atoms in total. The van der Waals surface area contributed by atoms with Crippen LogP contribution in [-0.4, -0.2) is 9.36 Å². The van der Waals surface area contributed by atoms with E-state index in [0.29, 0.717) is 0 Å². The Morgan fingerprint density at radius 2 is 2.29 bits per heavy atom. The second kappa shape index (κ2) is 5.30. The van der Waals surface area contributed by atoms with Gasteiger partial charge in [-0.3, -0.25) is 0 Å². The summed E-state index contributed by atoms with van der Waals surface area (Å²) in [6.07, 6.45) is 0.865. The van der Waals surface area contributed by atoms with Gasteiger partial charge in [-0.05, 0) is 42.2 Å². The van der Waals surface area contributed by atoms with E-state index in [2.05, 4.69) is 15.4 Å². The van der Waals surface area contributed by atoms with E-state index >= 15 is 0 Å². The molecule has 0 N–H and O–H groups in total. The van der Waals surface area contributed by atoms with Crippen LogP contribution in [0.4, 0.5) is 0 Å². The van der Waals surface area contributed by atoms with E-state index in [9.17, 15) is 0 Å². The van der Waals surface area contributed by atoms with E-state index in [1.54, 1.807) is 11.8 Å². The molecular weight excluding hydrogens is 250 g/mol. The monoisotopic (exact) mass is 261 g/mol. The Labute approximate surface area is 109 Å². The highest BCUT2D eigenvalue weighted by Crippen LogP contribution is 2.30. The minimum atomic E-state index is 0.723. The van der Waals surface area contributed by atoms with Gasteiger partial charge < -0.3 is 0 Å². The third-order valence-corrected chi connectivity index (χ3v) is 4.07. The van der Waals surface area contributed by atoms with Crippen LogP contribution >= 0.6 is 23.3 Å². The normalized spacial score (nSPS) is 10.2. The molecule has 0 aliphatic heterocycles. The second-order valence-electron chi connectivity index (χ2n) is 3.52. The average Bonchev–Trinajstić information content (AvgIpc) is 2.77. The predicted molar refractivity (Wildman–Crippen MR) is 69.3 cm³/mol. The number of rotatable bonds is 3. The van der Waals surface area contributed by atoms with Gasteiger partial charge in [0.1, 0.15) is 5.82 Å². The van der Waals surface area contributed by atoms with Gasteiger partial charge in [0.2, 0.25) is 0 Å².